The van der Waals surface area contributed by atoms with Crippen LogP contribution in [0.1, 0.15) is 30.9 Å². The van der Waals surface area contributed by atoms with Crippen LogP contribution in [0, 0.1) is 0 Å². The lowest BCUT2D eigenvalue weighted by Crippen LogP contribution is -2.40. The minimum Gasteiger partial charge on any atom is -0.444 e. The predicted molar refractivity (Wildman–Crippen MR) is 98.6 cm³/mol. The molecule has 0 unspecified atom stereocenters. The highest BCUT2D eigenvalue weighted by Gasteiger charge is 2.20. The second-order valence-corrected chi connectivity index (χ2v) is 6.05. The summed E-state index contributed by atoms with van der Waals surface area (Å²) in [4.78, 5) is 25.6. The van der Waals surface area contributed by atoms with Gasteiger partial charge in [0.15, 0.2) is 0 Å². The molecule has 0 saturated carbocycles. The first-order valence-electron chi connectivity index (χ1n) is 8.30. The molecule has 5 heteroatoms. The van der Waals surface area contributed by atoms with E-state index in [4.69, 9.17) is 4.74 Å². The van der Waals surface area contributed by atoms with Crippen molar-refractivity contribution < 1.29 is 14.3 Å². The minimum atomic E-state index is -0.551. The van der Waals surface area contributed by atoms with E-state index in [1.54, 1.807) is 0 Å². The number of likely N-dealkylation sites (N-methyl/N-ethyl adjacent to an activating group) is 1. The van der Waals surface area contributed by atoms with E-state index in [1.807, 2.05) is 54.6 Å². The monoisotopic (exact) mass is 340 g/mol. The highest BCUT2D eigenvalue weighted by Crippen LogP contribution is 2.21. The Balaban J connectivity index is 2.13. The number of hydrogen-bond acceptors (Lipinski definition) is 3. The fraction of sp³-hybridized carbons (Fsp3) is 0.300. The molecular formula is C20H24N2O3. The van der Waals surface area contributed by atoms with Crippen LogP contribution in [0.2, 0.25) is 0 Å². The van der Waals surface area contributed by atoms with E-state index in [9.17, 15) is 9.59 Å². The molecule has 2 amide bonds. The topological polar surface area (TPSA) is 58.6 Å². The number of hydrogen-bond donors (Lipinski definition) is 1. The summed E-state index contributed by atoms with van der Waals surface area (Å²) < 4.78 is 5.37. The summed E-state index contributed by atoms with van der Waals surface area (Å²) in [6, 6.07) is 17.0. The van der Waals surface area contributed by atoms with Gasteiger partial charge in [-0.3, -0.25) is 9.69 Å². The summed E-state index contributed by atoms with van der Waals surface area (Å²) in [7, 11) is 1.54. The summed E-state index contributed by atoms with van der Waals surface area (Å²) >= 11 is 0. The molecule has 0 atom stereocenters. The number of amides is 2. The average Bonchev–Trinajstić information content (AvgIpc) is 2.64. The van der Waals surface area contributed by atoms with E-state index in [0.29, 0.717) is 11.6 Å². The lowest BCUT2D eigenvalue weighted by Gasteiger charge is -2.22. The molecule has 0 aliphatic rings. The second kappa shape index (κ2) is 8.87. The van der Waals surface area contributed by atoms with Crippen molar-refractivity contribution in [2.45, 2.75) is 26.4 Å². The van der Waals surface area contributed by atoms with E-state index in [1.165, 1.54) is 17.5 Å². The van der Waals surface area contributed by atoms with Crippen LogP contribution >= 0.6 is 0 Å². The largest absolute Gasteiger partial charge is 0.444 e. The van der Waals surface area contributed by atoms with Gasteiger partial charge in [-0.1, -0.05) is 56.3 Å². The fourth-order valence-corrected chi connectivity index (χ4v) is 2.32. The van der Waals surface area contributed by atoms with Crippen LogP contribution in [0.4, 0.5) is 10.5 Å². The molecule has 25 heavy (non-hydrogen) atoms. The molecular weight excluding hydrogens is 316 g/mol. The fourth-order valence-electron chi connectivity index (χ4n) is 2.32. The molecule has 0 aliphatic heterocycles. The van der Waals surface area contributed by atoms with Gasteiger partial charge >= 0.3 is 6.09 Å². The van der Waals surface area contributed by atoms with Gasteiger partial charge in [-0.25, -0.2) is 4.79 Å². The van der Waals surface area contributed by atoms with E-state index >= 15 is 0 Å². The molecule has 0 aliphatic carbocycles. The molecule has 2 rings (SSSR count). The Labute approximate surface area is 148 Å². The van der Waals surface area contributed by atoms with Gasteiger partial charge in [0.1, 0.15) is 13.2 Å². The Kier molecular flexibility index (Phi) is 6.57. The Morgan fingerprint density at radius 3 is 2.24 bits per heavy atom. The summed E-state index contributed by atoms with van der Waals surface area (Å²) in [5, 5.41) is 2.54. The maximum absolute atomic E-state index is 12.5. The van der Waals surface area contributed by atoms with Crippen LogP contribution in [0.3, 0.4) is 0 Å². The first-order chi connectivity index (χ1) is 12.0. The van der Waals surface area contributed by atoms with Crippen molar-refractivity contribution in [3.63, 3.8) is 0 Å². The number of anilines is 1. The first-order valence-corrected chi connectivity index (χ1v) is 8.30. The zero-order valence-corrected chi connectivity index (χ0v) is 14.9. The molecule has 2 aromatic rings. The lowest BCUT2D eigenvalue weighted by atomic mass is 10.0. The van der Waals surface area contributed by atoms with Gasteiger partial charge in [0.2, 0.25) is 5.91 Å². The Hall–Kier alpha value is -2.82. The number of carbonyl (C=O) groups is 2. The van der Waals surface area contributed by atoms with Crippen molar-refractivity contribution >= 4 is 17.7 Å². The van der Waals surface area contributed by atoms with Gasteiger partial charge in [0.25, 0.3) is 0 Å². The Morgan fingerprint density at radius 1 is 1.04 bits per heavy atom. The van der Waals surface area contributed by atoms with Crippen LogP contribution in [-0.4, -0.2) is 25.6 Å². The van der Waals surface area contributed by atoms with Gasteiger partial charge < -0.3 is 10.1 Å². The second-order valence-electron chi connectivity index (χ2n) is 6.05. The van der Waals surface area contributed by atoms with Crippen LogP contribution in [0.5, 0.6) is 0 Å². The quantitative estimate of drug-likeness (QED) is 0.872. The summed E-state index contributed by atoms with van der Waals surface area (Å²) in [5.41, 5.74) is 2.69. The van der Waals surface area contributed by atoms with Crippen molar-refractivity contribution in [1.82, 2.24) is 5.32 Å². The van der Waals surface area contributed by atoms with Crippen molar-refractivity contribution in [2.24, 2.45) is 0 Å². The predicted octanol–water partition coefficient (Wildman–Crippen LogP) is 3.70. The molecule has 0 aromatic heterocycles. The summed E-state index contributed by atoms with van der Waals surface area (Å²) in [6.45, 7) is 4.27. The normalized spacial score (nSPS) is 10.4. The summed E-state index contributed by atoms with van der Waals surface area (Å²) in [6.07, 6.45) is -0.551. The van der Waals surface area contributed by atoms with E-state index < -0.39 is 6.09 Å². The molecule has 0 spiro atoms. The molecule has 0 fully saturated rings. The number of benzene rings is 2. The number of carbonyl (C=O) groups excluding carboxylic acids is 2. The van der Waals surface area contributed by atoms with Gasteiger partial charge in [-0.05, 0) is 29.2 Å². The molecule has 5 nitrogen and oxygen atoms in total. The van der Waals surface area contributed by atoms with E-state index in [-0.39, 0.29) is 19.1 Å². The van der Waals surface area contributed by atoms with Crippen LogP contribution in [0.25, 0.3) is 0 Å². The number of ether oxygens (including phenoxy) is 1. The van der Waals surface area contributed by atoms with Crippen molar-refractivity contribution in [1.29, 1.82) is 0 Å². The zero-order valence-electron chi connectivity index (χ0n) is 14.9. The van der Waals surface area contributed by atoms with Gasteiger partial charge in [-0.15, -0.1) is 0 Å². The smallest absolute Gasteiger partial charge is 0.415 e. The molecule has 2 aromatic carbocycles. The van der Waals surface area contributed by atoms with Gasteiger partial charge in [0.05, 0.1) is 0 Å². The molecule has 0 saturated heterocycles. The molecule has 1 N–H and O–H groups in total. The first kappa shape index (κ1) is 18.5. The molecule has 132 valence electrons. The summed E-state index contributed by atoms with van der Waals surface area (Å²) in [5.74, 6) is 0.135. The van der Waals surface area contributed by atoms with Gasteiger partial charge in [0, 0.05) is 12.7 Å². The highest BCUT2D eigenvalue weighted by molar-refractivity contribution is 5.94. The van der Waals surface area contributed by atoms with Crippen LogP contribution in [0.15, 0.2) is 54.6 Å². The molecule has 0 radical (unpaired) electrons. The Morgan fingerprint density at radius 2 is 1.68 bits per heavy atom. The third-order valence-electron chi connectivity index (χ3n) is 3.88. The van der Waals surface area contributed by atoms with E-state index in [0.717, 1.165) is 5.56 Å². The third kappa shape index (κ3) is 5.35. The average molecular weight is 340 g/mol. The van der Waals surface area contributed by atoms with Gasteiger partial charge in [-0.2, -0.15) is 0 Å². The standard InChI is InChI=1S/C20H24N2O3/c1-15(2)17-9-11-18(12-10-17)22(13-19(23)21-3)20(24)25-14-16-7-5-4-6-8-16/h4-12,15H,13-14H2,1-3H3,(H,21,23). The minimum absolute atomic E-state index is 0.0921. The maximum Gasteiger partial charge on any atom is 0.415 e. The van der Waals surface area contributed by atoms with Crippen molar-refractivity contribution in [2.75, 3.05) is 18.5 Å². The number of nitrogens with one attached hydrogen (secondary N) is 1. The van der Waals surface area contributed by atoms with Crippen molar-refractivity contribution in [3.8, 4) is 0 Å². The maximum atomic E-state index is 12.5. The third-order valence-corrected chi connectivity index (χ3v) is 3.88. The molecule has 0 heterocycles. The van der Waals surface area contributed by atoms with Crippen LogP contribution < -0.4 is 10.2 Å². The zero-order chi connectivity index (χ0) is 18.2. The number of rotatable bonds is 6. The van der Waals surface area contributed by atoms with Crippen LogP contribution in [-0.2, 0) is 16.1 Å². The molecule has 0 bridgehead atoms. The SMILES string of the molecule is CNC(=O)CN(C(=O)OCc1ccccc1)c1ccc(C(C)C)cc1. The number of nitrogens with zero attached hydrogens (tertiary/aromatic N) is 1. The van der Waals surface area contributed by atoms with Crippen molar-refractivity contribution in [3.05, 3.63) is 65.7 Å². The highest BCUT2D eigenvalue weighted by atomic mass is 16.6. The lowest BCUT2D eigenvalue weighted by molar-refractivity contribution is -0.119. The Bertz CT molecular complexity index is 697. The van der Waals surface area contributed by atoms with E-state index in [2.05, 4.69) is 19.2 Å².